The average Bonchev–Trinajstić information content (AvgIpc) is 2.33. The lowest BCUT2D eigenvalue weighted by molar-refractivity contribution is -0.137. The van der Waals surface area contributed by atoms with Crippen LogP contribution in [0.5, 0.6) is 17.2 Å². The zero-order chi connectivity index (χ0) is 14.0. The smallest absolute Gasteiger partial charge is 0.416 e. The van der Waals surface area contributed by atoms with E-state index in [0.717, 1.165) is 23.8 Å². The van der Waals surface area contributed by atoms with Crippen LogP contribution < -0.4 is 4.74 Å². The normalized spacial score (nSPS) is 11.4. The Kier molecular flexibility index (Phi) is 3.38. The van der Waals surface area contributed by atoms with E-state index in [1.54, 1.807) is 24.3 Å². The molecule has 0 heterocycles. The van der Waals surface area contributed by atoms with E-state index < -0.39 is 11.7 Å². The van der Waals surface area contributed by atoms with Crippen molar-refractivity contribution in [2.24, 2.45) is 0 Å². The molecule has 100 valence electrons. The zero-order valence-corrected chi connectivity index (χ0v) is 10.0. The third-order valence-corrected chi connectivity index (χ3v) is 2.54. The minimum absolute atomic E-state index is 0.223. The number of aromatic hydroxyl groups is 1. The van der Waals surface area contributed by atoms with Gasteiger partial charge in [-0.3, -0.25) is 0 Å². The number of ether oxygens (including phenoxy) is 1. The third kappa shape index (κ3) is 3.19. The molecule has 2 aromatic rings. The number of alkyl halides is 3. The number of benzene rings is 2. The predicted molar refractivity (Wildman–Crippen MR) is 64.4 cm³/mol. The molecule has 0 amide bonds. The van der Waals surface area contributed by atoms with E-state index in [1.807, 2.05) is 6.92 Å². The molecule has 0 aliphatic heterocycles. The zero-order valence-electron chi connectivity index (χ0n) is 10.0. The summed E-state index contributed by atoms with van der Waals surface area (Å²) >= 11 is 0. The molecule has 0 unspecified atom stereocenters. The average molecular weight is 268 g/mol. The second-order valence-electron chi connectivity index (χ2n) is 4.10. The highest BCUT2D eigenvalue weighted by Crippen LogP contribution is 2.37. The summed E-state index contributed by atoms with van der Waals surface area (Å²) in [6.45, 7) is 1.88. The van der Waals surface area contributed by atoms with Crippen molar-refractivity contribution >= 4 is 0 Å². The van der Waals surface area contributed by atoms with E-state index in [2.05, 4.69) is 0 Å². The lowest BCUT2D eigenvalue weighted by Crippen LogP contribution is -2.04. The molecule has 5 heteroatoms. The number of hydrogen-bond donors (Lipinski definition) is 1. The van der Waals surface area contributed by atoms with Crippen molar-refractivity contribution in [1.29, 1.82) is 0 Å². The van der Waals surface area contributed by atoms with Gasteiger partial charge in [-0.25, -0.2) is 0 Å². The summed E-state index contributed by atoms with van der Waals surface area (Å²) in [6.07, 6.45) is -4.47. The number of hydrogen-bond acceptors (Lipinski definition) is 2. The highest BCUT2D eigenvalue weighted by atomic mass is 19.4. The first-order valence-electron chi connectivity index (χ1n) is 5.51. The van der Waals surface area contributed by atoms with Gasteiger partial charge in [-0.2, -0.15) is 13.2 Å². The van der Waals surface area contributed by atoms with Crippen molar-refractivity contribution in [3.05, 3.63) is 53.6 Å². The molecule has 0 fully saturated rings. The number of halogens is 3. The van der Waals surface area contributed by atoms with E-state index in [9.17, 15) is 18.3 Å². The van der Waals surface area contributed by atoms with Crippen molar-refractivity contribution in [3.8, 4) is 17.2 Å². The topological polar surface area (TPSA) is 29.5 Å². The van der Waals surface area contributed by atoms with Crippen LogP contribution in [-0.4, -0.2) is 5.11 Å². The molecule has 19 heavy (non-hydrogen) atoms. The number of phenolic OH excluding ortho intramolecular Hbond substituents is 1. The molecule has 0 bridgehead atoms. The molecule has 0 atom stereocenters. The fraction of sp³-hybridized carbons (Fsp3) is 0.143. The Morgan fingerprint density at radius 3 is 2.21 bits per heavy atom. The SMILES string of the molecule is Cc1ccc(Oc2cc(C(F)(F)F)ccc2O)cc1. The third-order valence-electron chi connectivity index (χ3n) is 2.54. The maximum Gasteiger partial charge on any atom is 0.416 e. The fourth-order valence-corrected chi connectivity index (χ4v) is 1.51. The molecule has 2 rings (SSSR count). The van der Waals surface area contributed by atoms with Gasteiger partial charge >= 0.3 is 6.18 Å². The first-order chi connectivity index (χ1) is 8.86. The Hall–Kier alpha value is -2.17. The molecule has 1 N–H and O–H groups in total. The Morgan fingerprint density at radius 2 is 1.63 bits per heavy atom. The molecule has 0 radical (unpaired) electrons. The molecule has 2 nitrogen and oxygen atoms in total. The van der Waals surface area contributed by atoms with E-state index >= 15 is 0 Å². The molecule has 0 aromatic heterocycles. The molecular weight excluding hydrogens is 257 g/mol. The van der Waals surface area contributed by atoms with Crippen LogP contribution in [0.15, 0.2) is 42.5 Å². The van der Waals surface area contributed by atoms with Crippen LogP contribution in [-0.2, 0) is 6.18 Å². The van der Waals surface area contributed by atoms with Crippen molar-refractivity contribution in [2.45, 2.75) is 13.1 Å². The van der Waals surface area contributed by atoms with E-state index in [0.29, 0.717) is 5.75 Å². The van der Waals surface area contributed by atoms with Gasteiger partial charge in [0, 0.05) is 0 Å². The van der Waals surface area contributed by atoms with Crippen molar-refractivity contribution in [3.63, 3.8) is 0 Å². The number of rotatable bonds is 2. The van der Waals surface area contributed by atoms with Gasteiger partial charge in [-0.15, -0.1) is 0 Å². The van der Waals surface area contributed by atoms with Gasteiger partial charge in [0.25, 0.3) is 0 Å². The lowest BCUT2D eigenvalue weighted by Gasteiger charge is -2.11. The monoisotopic (exact) mass is 268 g/mol. The van der Waals surface area contributed by atoms with E-state index in [1.165, 1.54) is 0 Å². The van der Waals surface area contributed by atoms with Crippen molar-refractivity contribution in [2.75, 3.05) is 0 Å². The molecule has 0 aliphatic rings. The largest absolute Gasteiger partial charge is 0.504 e. The Morgan fingerprint density at radius 1 is 1.00 bits per heavy atom. The van der Waals surface area contributed by atoms with Crippen LogP contribution >= 0.6 is 0 Å². The number of phenols is 1. The first kappa shape index (κ1) is 13.3. The second-order valence-corrected chi connectivity index (χ2v) is 4.10. The van der Waals surface area contributed by atoms with Gasteiger partial charge in [0.2, 0.25) is 0 Å². The quantitative estimate of drug-likeness (QED) is 0.868. The van der Waals surface area contributed by atoms with Gasteiger partial charge < -0.3 is 9.84 Å². The first-order valence-corrected chi connectivity index (χ1v) is 5.51. The van der Waals surface area contributed by atoms with Crippen LogP contribution in [0, 0.1) is 6.92 Å². The van der Waals surface area contributed by atoms with Crippen LogP contribution in [0.2, 0.25) is 0 Å². The van der Waals surface area contributed by atoms with E-state index in [4.69, 9.17) is 4.74 Å². The molecule has 0 aliphatic carbocycles. The summed E-state index contributed by atoms with van der Waals surface area (Å²) in [7, 11) is 0. The molecule has 0 saturated carbocycles. The minimum Gasteiger partial charge on any atom is -0.504 e. The van der Waals surface area contributed by atoms with Crippen molar-refractivity contribution in [1.82, 2.24) is 0 Å². The Labute approximate surface area is 108 Å². The second kappa shape index (κ2) is 4.84. The van der Waals surface area contributed by atoms with Crippen LogP contribution in [0.4, 0.5) is 13.2 Å². The molecule has 2 aromatic carbocycles. The number of aryl methyl sites for hydroxylation is 1. The maximum atomic E-state index is 12.6. The van der Waals surface area contributed by atoms with Gasteiger partial charge in [0.05, 0.1) is 5.56 Å². The van der Waals surface area contributed by atoms with Gasteiger partial charge in [0.15, 0.2) is 11.5 Å². The maximum absolute atomic E-state index is 12.6. The molecule has 0 saturated heterocycles. The highest BCUT2D eigenvalue weighted by molar-refractivity contribution is 5.45. The summed E-state index contributed by atoms with van der Waals surface area (Å²) in [5.74, 6) is -0.201. The summed E-state index contributed by atoms with van der Waals surface area (Å²) in [5.41, 5.74) is 0.132. The molecular formula is C14H11F3O2. The summed E-state index contributed by atoms with van der Waals surface area (Å²) in [5, 5.41) is 9.52. The summed E-state index contributed by atoms with van der Waals surface area (Å²) < 4.78 is 42.9. The van der Waals surface area contributed by atoms with Crippen LogP contribution in [0.1, 0.15) is 11.1 Å². The Bertz CT molecular complexity index is 574. The van der Waals surface area contributed by atoms with Crippen molar-refractivity contribution < 1.29 is 23.0 Å². The van der Waals surface area contributed by atoms with E-state index in [-0.39, 0.29) is 11.5 Å². The standard InChI is InChI=1S/C14H11F3O2/c1-9-2-5-11(6-3-9)19-13-8-10(14(15,16)17)4-7-12(13)18/h2-8,18H,1H3. The van der Waals surface area contributed by atoms with Crippen LogP contribution in [0.3, 0.4) is 0 Å². The molecule has 0 spiro atoms. The predicted octanol–water partition coefficient (Wildman–Crippen LogP) is 4.51. The van der Waals surface area contributed by atoms with Gasteiger partial charge in [0.1, 0.15) is 5.75 Å². The fourth-order valence-electron chi connectivity index (χ4n) is 1.51. The van der Waals surface area contributed by atoms with Gasteiger partial charge in [-0.05, 0) is 37.3 Å². The van der Waals surface area contributed by atoms with Crippen LogP contribution in [0.25, 0.3) is 0 Å². The highest BCUT2D eigenvalue weighted by Gasteiger charge is 2.31. The Balaban J connectivity index is 2.31. The summed E-state index contributed by atoms with van der Waals surface area (Å²) in [6, 6.07) is 9.31. The summed E-state index contributed by atoms with van der Waals surface area (Å²) in [4.78, 5) is 0. The lowest BCUT2D eigenvalue weighted by atomic mass is 10.2. The minimum atomic E-state index is -4.47. The van der Waals surface area contributed by atoms with Gasteiger partial charge in [-0.1, -0.05) is 17.7 Å².